The molecule has 0 radical (unpaired) electrons. The van der Waals surface area contributed by atoms with Gasteiger partial charge in [0.15, 0.2) is 6.61 Å². The second-order valence-corrected chi connectivity index (χ2v) is 6.61. The second kappa shape index (κ2) is 7.99. The quantitative estimate of drug-likeness (QED) is 0.832. The SMILES string of the molecule is CCN(Cc1ccc(Cl)s1)C(=O)c1cccc(OCC(N)=O)c1. The van der Waals surface area contributed by atoms with Gasteiger partial charge in [0.1, 0.15) is 5.75 Å². The molecule has 5 nitrogen and oxygen atoms in total. The van der Waals surface area contributed by atoms with Gasteiger partial charge in [-0.2, -0.15) is 0 Å². The van der Waals surface area contributed by atoms with Gasteiger partial charge in [-0.15, -0.1) is 11.3 Å². The van der Waals surface area contributed by atoms with Crippen LogP contribution in [0, 0.1) is 0 Å². The topological polar surface area (TPSA) is 72.6 Å². The van der Waals surface area contributed by atoms with Crippen LogP contribution in [0.1, 0.15) is 22.2 Å². The van der Waals surface area contributed by atoms with Gasteiger partial charge in [0.05, 0.1) is 10.9 Å². The molecule has 23 heavy (non-hydrogen) atoms. The molecule has 0 saturated heterocycles. The highest BCUT2D eigenvalue weighted by Gasteiger charge is 2.16. The molecule has 0 unspecified atom stereocenters. The van der Waals surface area contributed by atoms with Gasteiger partial charge < -0.3 is 15.4 Å². The molecule has 0 aliphatic rings. The van der Waals surface area contributed by atoms with Crippen molar-refractivity contribution in [1.29, 1.82) is 0 Å². The third-order valence-electron chi connectivity index (χ3n) is 3.11. The molecule has 0 aliphatic heterocycles. The minimum Gasteiger partial charge on any atom is -0.484 e. The summed E-state index contributed by atoms with van der Waals surface area (Å²) in [6, 6.07) is 10.4. The first kappa shape index (κ1) is 17.3. The molecule has 2 aromatic rings. The molecule has 0 aliphatic carbocycles. The molecule has 0 fully saturated rings. The fraction of sp³-hybridized carbons (Fsp3) is 0.250. The lowest BCUT2D eigenvalue weighted by atomic mass is 10.2. The summed E-state index contributed by atoms with van der Waals surface area (Å²) in [7, 11) is 0. The number of nitrogens with two attached hydrogens (primary N) is 1. The highest BCUT2D eigenvalue weighted by Crippen LogP contribution is 2.23. The van der Waals surface area contributed by atoms with E-state index in [2.05, 4.69) is 0 Å². The summed E-state index contributed by atoms with van der Waals surface area (Å²) in [4.78, 5) is 26.1. The van der Waals surface area contributed by atoms with Crippen LogP contribution >= 0.6 is 22.9 Å². The number of carbonyl (C=O) groups is 2. The van der Waals surface area contributed by atoms with E-state index in [0.717, 1.165) is 4.88 Å². The number of nitrogens with zero attached hydrogens (tertiary/aromatic N) is 1. The van der Waals surface area contributed by atoms with Gasteiger partial charge in [0.2, 0.25) is 0 Å². The predicted octanol–water partition coefficient (Wildman–Crippen LogP) is 2.93. The summed E-state index contributed by atoms with van der Waals surface area (Å²) < 4.78 is 5.93. The molecule has 1 heterocycles. The largest absolute Gasteiger partial charge is 0.484 e. The maximum Gasteiger partial charge on any atom is 0.255 e. The van der Waals surface area contributed by atoms with E-state index in [1.807, 2.05) is 19.1 Å². The average molecular weight is 353 g/mol. The fourth-order valence-electron chi connectivity index (χ4n) is 2.01. The van der Waals surface area contributed by atoms with Crippen LogP contribution < -0.4 is 10.5 Å². The Balaban J connectivity index is 2.10. The number of ether oxygens (including phenoxy) is 1. The van der Waals surface area contributed by atoms with Crippen molar-refractivity contribution in [3.63, 3.8) is 0 Å². The maximum atomic E-state index is 12.6. The van der Waals surface area contributed by atoms with Gasteiger partial charge in [0, 0.05) is 17.0 Å². The monoisotopic (exact) mass is 352 g/mol. The standard InChI is InChI=1S/C16H17ClN2O3S/c1-2-19(9-13-6-7-14(17)23-13)16(21)11-4-3-5-12(8-11)22-10-15(18)20/h3-8H,2,9-10H2,1H3,(H2,18,20). The first-order valence-electron chi connectivity index (χ1n) is 7.04. The summed E-state index contributed by atoms with van der Waals surface area (Å²) in [5.41, 5.74) is 5.54. The van der Waals surface area contributed by atoms with Gasteiger partial charge in [-0.05, 0) is 37.3 Å². The van der Waals surface area contributed by atoms with E-state index >= 15 is 0 Å². The van der Waals surface area contributed by atoms with Gasteiger partial charge in [0.25, 0.3) is 11.8 Å². The van der Waals surface area contributed by atoms with Gasteiger partial charge in [-0.3, -0.25) is 9.59 Å². The zero-order valence-electron chi connectivity index (χ0n) is 12.6. The molecule has 0 bridgehead atoms. The smallest absolute Gasteiger partial charge is 0.255 e. The highest BCUT2D eigenvalue weighted by atomic mass is 35.5. The predicted molar refractivity (Wildman–Crippen MR) is 90.9 cm³/mol. The lowest BCUT2D eigenvalue weighted by Crippen LogP contribution is -2.30. The number of hydrogen-bond acceptors (Lipinski definition) is 4. The first-order chi connectivity index (χ1) is 11.0. The van der Waals surface area contributed by atoms with Crippen LogP contribution in [0.2, 0.25) is 4.34 Å². The third kappa shape index (κ3) is 4.97. The van der Waals surface area contributed by atoms with Crippen LogP contribution in [0.4, 0.5) is 0 Å². The average Bonchev–Trinajstić information content (AvgIpc) is 2.95. The summed E-state index contributed by atoms with van der Waals surface area (Å²) >= 11 is 7.38. The number of carbonyl (C=O) groups excluding carboxylic acids is 2. The highest BCUT2D eigenvalue weighted by molar-refractivity contribution is 7.16. The van der Waals surface area contributed by atoms with Crippen LogP contribution in [0.15, 0.2) is 36.4 Å². The Morgan fingerprint density at radius 1 is 1.30 bits per heavy atom. The molecule has 2 rings (SSSR count). The van der Waals surface area contributed by atoms with Crippen molar-refractivity contribution in [1.82, 2.24) is 4.90 Å². The van der Waals surface area contributed by atoms with E-state index in [9.17, 15) is 9.59 Å². The zero-order valence-corrected chi connectivity index (χ0v) is 14.2. The number of hydrogen-bond donors (Lipinski definition) is 1. The fourth-order valence-corrected chi connectivity index (χ4v) is 3.11. The molecule has 0 atom stereocenters. The zero-order chi connectivity index (χ0) is 16.8. The molecule has 122 valence electrons. The van der Waals surface area contributed by atoms with Gasteiger partial charge in [-0.25, -0.2) is 0 Å². The number of rotatable bonds is 7. The van der Waals surface area contributed by atoms with Crippen LogP contribution in [-0.2, 0) is 11.3 Å². The van der Waals surface area contributed by atoms with E-state index in [1.54, 1.807) is 29.2 Å². The Bertz CT molecular complexity index is 702. The molecule has 7 heteroatoms. The minimum atomic E-state index is -0.563. The summed E-state index contributed by atoms with van der Waals surface area (Å²) in [5.74, 6) is -0.238. The summed E-state index contributed by atoms with van der Waals surface area (Å²) in [5, 5.41) is 0. The lowest BCUT2D eigenvalue weighted by Gasteiger charge is -2.20. The van der Waals surface area contributed by atoms with E-state index < -0.39 is 5.91 Å². The Kier molecular flexibility index (Phi) is 6.01. The van der Waals surface area contributed by atoms with Crippen molar-refractivity contribution in [3.8, 4) is 5.75 Å². The Morgan fingerprint density at radius 2 is 2.09 bits per heavy atom. The van der Waals surface area contributed by atoms with Crippen molar-refractivity contribution in [2.45, 2.75) is 13.5 Å². The number of amides is 2. The summed E-state index contributed by atoms with van der Waals surface area (Å²) in [6.45, 7) is 2.77. The molecule has 0 saturated carbocycles. The molecule has 1 aromatic carbocycles. The van der Waals surface area contributed by atoms with E-state index in [4.69, 9.17) is 22.1 Å². The molecular weight excluding hydrogens is 336 g/mol. The number of thiophene rings is 1. The van der Waals surface area contributed by atoms with Crippen molar-refractivity contribution in [2.75, 3.05) is 13.2 Å². The maximum absolute atomic E-state index is 12.6. The number of benzene rings is 1. The Morgan fingerprint density at radius 3 is 2.70 bits per heavy atom. The van der Waals surface area contributed by atoms with E-state index in [1.165, 1.54) is 11.3 Å². The molecule has 1 aromatic heterocycles. The summed E-state index contributed by atoms with van der Waals surface area (Å²) in [6.07, 6.45) is 0. The lowest BCUT2D eigenvalue weighted by molar-refractivity contribution is -0.119. The van der Waals surface area contributed by atoms with Gasteiger partial charge in [-0.1, -0.05) is 17.7 Å². The first-order valence-corrected chi connectivity index (χ1v) is 8.23. The van der Waals surface area contributed by atoms with Crippen LogP contribution in [0.25, 0.3) is 0 Å². The van der Waals surface area contributed by atoms with Crippen LogP contribution in [0.5, 0.6) is 5.75 Å². The number of halogens is 1. The minimum absolute atomic E-state index is 0.110. The van der Waals surface area contributed by atoms with Crippen molar-refractivity contribution in [2.24, 2.45) is 5.73 Å². The van der Waals surface area contributed by atoms with Crippen molar-refractivity contribution < 1.29 is 14.3 Å². The third-order valence-corrected chi connectivity index (χ3v) is 4.32. The Hall–Kier alpha value is -2.05. The van der Waals surface area contributed by atoms with Gasteiger partial charge >= 0.3 is 0 Å². The number of primary amides is 1. The molecule has 2 N–H and O–H groups in total. The second-order valence-electron chi connectivity index (χ2n) is 4.81. The van der Waals surface area contributed by atoms with E-state index in [-0.39, 0.29) is 12.5 Å². The normalized spacial score (nSPS) is 10.3. The van der Waals surface area contributed by atoms with Crippen LogP contribution in [-0.4, -0.2) is 29.9 Å². The molecule has 2 amide bonds. The molecule has 0 spiro atoms. The Labute approximate surface area is 143 Å². The van der Waals surface area contributed by atoms with Crippen LogP contribution in [0.3, 0.4) is 0 Å². The molecular formula is C16H17ClN2O3S. The van der Waals surface area contributed by atoms with Crippen molar-refractivity contribution >= 4 is 34.8 Å². The van der Waals surface area contributed by atoms with Crippen molar-refractivity contribution in [3.05, 3.63) is 51.2 Å². The van der Waals surface area contributed by atoms with E-state index in [0.29, 0.717) is 28.7 Å².